The summed E-state index contributed by atoms with van der Waals surface area (Å²) in [7, 11) is 1.36. The Labute approximate surface area is 256 Å². The molecule has 1 fully saturated rings. The molecular formula is C33H36MgN4O3-2. The second kappa shape index (κ2) is 10.6. The average Bonchev–Trinajstić information content (AvgIpc) is 3.66. The van der Waals surface area contributed by atoms with Gasteiger partial charge in [0.2, 0.25) is 0 Å². The van der Waals surface area contributed by atoms with E-state index >= 15 is 0 Å². The number of rotatable bonds is 3. The molecule has 0 saturated carbocycles. The molecule has 1 unspecified atom stereocenters. The van der Waals surface area contributed by atoms with Gasteiger partial charge < -0.3 is 30.1 Å². The van der Waals surface area contributed by atoms with Gasteiger partial charge in [-0.25, -0.2) is 0 Å². The summed E-state index contributed by atoms with van der Waals surface area (Å²) in [5.41, 5.74) is 9.65. The van der Waals surface area contributed by atoms with Crippen molar-refractivity contribution in [2.24, 2.45) is 17.8 Å². The smallest absolute Gasteiger partial charge is 0.681 e. The van der Waals surface area contributed by atoms with Crippen molar-refractivity contribution in [1.82, 2.24) is 15.0 Å². The Balaban J connectivity index is 0.00000337. The summed E-state index contributed by atoms with van der Waals surface area (Å²) >= 11 is 0. The van der Waals surface area contributed by atoms with E-state index in [0.717, 1.165) is 74.1 Å². The van der Waals surface area contributed by atoms with E-state index in [0.29, 0.717) is 10.6 Å². The van der Waals surface area contributed by atoms with E-state index in [1.54, 1.807) is 0 Å². The van der Waals surface area contributed by atoms with Crippen molar-refractivity contribution in [3.05, 3.63) is 77.2 Å². The maximum absolute atomic E-state index is 13.1. The van der Waals surface area contributed by atoms with Gasteiger partial charge in [-0.3, -0.25) is 4.79 Å². The molecule has 8 bridgehead atoms. The summed E-state index contributed by atoms with van der Waals surface area (Å²) in [6, 6.07) is -0.312. The predicted octanol–water partition coefficient (Wildman–Crippen LogP) is 2.02. The minimum Gasteiger partial charge on any atom is -0.681 e. The molecule has 6 rings (SSSR count). The predicted molar refractivity (Wildman–Crippen MR) is 162 cm³/mol. The van der Waals surface area contributed by atoms with E-state index < -0.39 is 11.9 Å². The molecule has 41 heavy (non-hydrogen) atoms. The number of allylic oxidation sites excluding steroid dienone is 1. The number of methoxy groups -OCH3 is 1. The third-order valence-corrected chi connectivity index (χ3v) is 9.52. The molecule has 3 aromatic heterocycles. The molecule has 0 radical (unpaired) electrons. The Morgan fingerprint density at radius 2 is 1.54 bits per heavy atom. The molecule has 0 aromatic carbocycles. The van der Waals surface area contributed by atoms with Crippen molar-refractivity contribution in [3.63, 3.8) is 0 Å². The number of fused-ring (bicyclic) bond motifs is 8. The van der Waals surface area contributed by atoms with Crippen LogP contribution in [0.4, 0.5) is 0 Å². The van der Waals surface area contributed by atoms with E-state index in [2.05, 4.69) is 53.7 Å². The Bertz CT molecular complexity index is 1850. The van der Waals surface area contributed by atoms with Crippen LogP contribution in [-0.4, -0.2) is 47.3 Å². The minimum absolute atomic E-state index is 0. The SMILES string of the molecule is CCc1c(C)/c2[n-]/c1=C\c1[n-]c3c(c1C)=C(O)[C@H](C(=O)OC)C=3C1[N-]/C(=C\c3[n-]c(c(C)c3C)\C=2)[C@@H](C)[C@@H]1CC.[Mg+2]. The first-order valence-corrected chi connectivity index (χ1v) is 14.2. The molecule has 210 valence electrons. The zero-order valence-electron chi connectivity index (χ0n) is 25.2. The fourth-order valence-electron chi connectivity index (χ4n) is 6.93. The van der Waals surface area contributed by atoms with Gasteiger partial charge in [0, 0.05) is 5.22 Å². The van der Waals surface area contributed by atoms with Gasteiger partial charge in [0.05, 0.1) is 7.11 Å². The summed E-state index contributed by atoms with van der Waals surface area (Å²) in [5, 5.41) is 19.8. The first-order valence-electron chi connectivity index (χ1n) is 14.2. The number of hydrogen-bond acceptors (Lipinski definition) is 3. The van der Waals surface area contributed by atoms with Crippen LogP contribution in [0.15, 0.2) is 5.70 Å². The molecule has 0 spiro atoms. The summed E-state index contributed by atoms with van der Waals surface area (Å²) in [5.74, 6) is -1.12. The van der Waals surface area contributed by atoms with Gasteiger partial charge in [0.1, 0.15) is 11.7 Å². The fraction of sp³-hybridized carbons (Fsp3) is 0.424. The van der Waals surface area contributed by atoms with Crippen molar-refractivity contribution in [2.45, 2.75) is 67.3 Å². The number of nitrogens with zero attached hydrogens (tertiary/aromatic N) is 4. The summed E-state index contributed by atoms with van der Waals surface area (Å²) in [6.45, 7) is 14.8. The molecule has 2 aliphatic heterocycles. The zero-order valence-corrected chi connectivity index (χ0v) is 26.6. The Morgan fingerprint density at radius 3 is 2.17 bits per heavy atom. The van der Waals surface area contributed by atoms with E-state index in [1.807, 2.05) is 13.0 Å². The van der Waals surface area contributed by atoms with Crippen LogP contribution in [0.25, 0.3) is 34.9 Å². The van der Waals surface area contributed by atoms with Crippen molar-refractivity contribution >= 4 is 58.6 Å². The number of carbonyl (C=O) groups is 1. The molecule has 8 heteroatoms. The molecule has 7 nitrogen and oxygen atoms in total. The van der Waals surface area contributed by atoms with Crippen LogP contribution in [0.2, 0.25) is 0 Å². The van der Waals surface area contributed by atoms with Crippen LogP contribution in [0.5, 0.6) is 0 Å². The van der Waals surface area contributed by atoms with Gasteiger partial charge in [-0.2, -0.15) is 5.70 Å². The van der Waals surface area contributed by atoms with Gasteiger partial charge in [0.15, 0.2) is 0 Å². The minimum atomic E-state index is -0.914. The molecule has 1 aliphatic carbocycles. The number of aliphatic hydroxyl groups is 1. The Hall–Kier alpha value is -3.10. The molecule has 3 aromatic rings. The van der Waals surface area contributed by atoms with Gasteiger partial charge in [-0.1, -0.05) is 84.9 Å². The van der Waals surface area contributed by atoms with Gasteiger partial charge in [-0.15, -0.1) is 33.1 Å². The van der Waals surface area contributed by atoms with Crippen LogP contribution in [0.1, 0.15) is 72.1 Å². The molecule has 1 N–H and O–H groups in total. The van der Waals surface area contributed by atoms with E-state index in [9.17, 15) is 9.90 Å². The van der Waals surface area contributed by atoms with Crippen LogP contribution < -0.4 is 36.2 Å². The monoisotopic (exact) mass is 560 g/mol. The number of carbonyl (C=O) groups excluding carboxylic acids is 1. The summed E-state index contributed by atoms with van der Waals surface area (Å²) in [6.07, 6.45) is 7.90. The first kappa shape index (κ1) is 29.4. The number of hydrogen-bond donors (Lipinski definition) is 1. The van der Waals surface area contributed by atoms with Gasteiger partial charge in [-0.05, 0) is 46.0 Å². The number of aromatic nitrogens is 3. The molecule has 3 aliphatic rings. The number of esters is 1. The Kier molecular flexibility index (Phi) is 7.62. The summed E-state index contributed by atoms with van der Waals surface area (Å²) in [4.78, 5) is 28.3. The fourth-order valence-corrected chi connectivity index (χ4v) is 6.93. The largest absolute Gasteiger partial charge is 2.00 e. The second-order valence-corrected chi connectivity index (χ2v) is 11.4. The Morgan fingerprint density at radius 1 is 0.902 bits per heavy atom. The third-order valence-electron chi connectivity index (χ3n) is 9.52. The molecule has 4 atom stereocenters. The first-order chi connectivity index (χ1) is 19.1. The standard InChI is InChI=1S/C33H36N4O3.Mg/c1-9-19-16(5)23-11-21-14(3)15(4)22(34-21)12-24-17(6)20(10-2)30(36-24)28-29(33(39)40-8)32(38)27-18(7)25(37-31(27)28)13-26(19)35-23;/h11-13,17,20,29-30,38H,9-10H2,1-8H3;/q-4;+2/b23-11-,24-12-,26-13-;/t17-,20-,29+,30?;/m0./s1. The van der Waals surface area contributed by atoms with Crippen LogP contribution >= 0.6 is 0 Å². The quantitative estimate of drug-likeness (QED) is 0.388. The second-order valence-electron chi connectivity index (χ2n) is 11.4. The van der Waals surface area contributed by atoms with Crippen molar-refractivity contribution in [1.29, 1.82) is 0 Å². The van der Waals surface area contributed by atoms with E-state index in [4.69, 9.17) is 25.0 Å². The van der Waals surface area contributed by atoms with Crippen LogP contribution in [-0.2, 0) is 16.0 Å². The normalized spacial score (nSPS) is 25.4. The van der Waals surface area contributed by atoms with Crippen molar-refractivity contribution < 1.29 is 14.6 Å². The van der Waals surface area contributed by atoms with Crippen LogP contribution in [0.3, 0.4) is 0 Å². The number of aliphatic hydroxyl groups excluding tert-OH is 1. The maximum Gasteiger partial charge on any atom is 2.00 e. The van der Waals surface area contributed by atoms with E-state index in [-0.39, 0.29) is 46.7 Å². The van der Waals surface area contributed by atoms with Crippen molar-refractivity contribution in [3.8, 4) is 0 Å². The molecule has 5 heterocycles. The van der Waals surface area contributed by atoms with E-state index in [1.165, 1.54) is 12.7 Å². The van der Waals surface area contributed by atoms with Gasteiger partial charge in [0.25, 0.3) is 0 Å². The van der Waals surface area contributed by atoms with Crippen LogP contribution in [0, 0.1) is 45.4 Å². The average molecular weight is 561 g/mol. The maximum atomic E-state index is 13.1. The molecule has 0 amide bonds. The topological polar surface area (TPSA) is 103 Å². The van der Waals surface area contributed by atoms with Gasteiger partial charge >= 0.3 is 29.0 Å². The zero-order chi connectivity index (χ0) is 28.6. The number of ether oxygens (including phenoxy) is 1. The summed E-state index contributed by atoms with van der Waals surface area (Å²) < 4.78 is 5.19. The van der Waals surface area contributed by atoms with Crippen molar-refractivity contribution in [2.75, 3.05) is 7.11 Å². The molecular weight excluding hydrogens is 525 g/mol. The third kappa shape index (κ3) is 4.24. The molecule has 1 saturated heterocycles.